The topological polar surface area (TPSA) is 41.6 Å². The van der Waals surface area contributed by atoms with Gasteiger partial charge in [-0.25, -0.2) is 0 Å². The fourth-order valence-corrected chi connectivity index (χ4v) is 5.46. The molecule has 1 saturated heterocycles. The first-order chi connectivity index (χ1) is 13.3. The maximum atomic E-state index is 13.2. The van der Waals surface area contributed by atoms with Gasteiger partial charge in [0.25, 0.3) is 5.91 Å². The molecular formula is C23H30N2O2. The Morgan fingerprint density at radius 2 is 1.93 bits per heavy atom. The Morgan fingerprint density at radius 1 is 1.04 bits per heavy atom. The molecule has 3 atom stereocenters. The number of rotatable bonds is 4. The van der Waals surface area contributed by atoms with Gasteiger partial charge in [-0.2, -0.15) is 0 Å². The molecule has 1 amide bonds. The van der Waals surface area contributed by atoms with Crippen molar-refractivity contribution in [3.05, 3.63) is 46.5 Å². The predicted molar refractivity (Wildman–Crippen MR) is 105 cm³/mol. The Morgan fingerprint density at radius 3 is 2.81 bits per heavy atom. The molecule has 4 aliphatic rings. The van der Waals surface area contributed by atoms with Gasteiger partial charge in [0.2, 0.25) is 0 Å². The van der Waals surface area contributed by atoms with E-state index in [0.29, 0.717) is 6.04 Å². The summed E-state index contributed by atoms with van der Waals surface area (Å²) in [6.07, 6.45) is 10.4. The highest BCUT2D eigenvalue weighted by Gasteiger charge is 2.42. The van der Waals surface area contributed by atoms with Crippen molar-refractivity contribution in [3.8, 4) is 0 Å². The quantitative estimate of drug-likeness (QED) is 0.879. The Labute approximate surface area is 162 Å². The highest BCUT2D eigenvalue weighted by atomic mass is 16.5. The molecule has 0 spiro atoms. The molecule has 2 aliphatic heterocycles. The van der Waals surface area contributed by atoms with Gasteiger partial charge in [-0.15, -0.1) is 0 Å². The molecule has 1 N–H and O–H groups in total. The molecule has 1 fully saturated rings. The second kappa shape index (κ2) is 7.40. The molecule has 27 heavy (non-hydrogen) atoms. The fourth-order valence-electron chi connectivity index (χ4n) is 5.46. The summed E-state index contributed by atoms with van der Waals surface area (Å²) < 4.78 is 5.87. The Kier molecular flexibility index (Phi) is 4.78. The summed E-state index contributed by atoms with van der Waals surface area (Å²) in [6, 6.07) is 9.16. The number of hydrogen-bond donors (Lipinski definition) is 1. The summed E-state index contributed by atoms with van der Waals surface area (Å²) in [5, 5.41) is 3.92. The maximum absolute atomic E-state index is 13.2. The average molecular weight is 367 g/mol. The van der Waals surface area contributed by atoms with Crippen LogP contribution in [0.5, 0.6) is 0 Å². The molecule has 1 aromatic rings. The van der Waals surface area contributed by atoms with E-state index in [4.69, 9.17) is 4.74 Å². The first kappa shape index (κ1) is 17.4. The number of nitrogens with zero attached hydrogens (tertiary/aromatic N) is 1. The Bertz CT molecular complexity index is 751. The van der Waals surface area contributed by atoms with Crippen LogP contribution >= 0.6 is 0 Å². The largest absolute Gasteiger partial charge is 0.376 e. The Balaban J connectivity index is 1.42. The van der Waals surface area contributed by atoms with Crippen LogP contribution in [-0.2, 0) is 16.0 Å². The third-order valence-electron chi connectivity index (χ3n) is 6.82. The summed E-state index contributed by atoms with van der Waals surface area (Å²) in [7, 11) is 0. The molecule has 0 aromatic heterocycles. The van der Waals surface area contributed by atoms with Gasteiger partial charge in [-0.1, -0.05) is 24.3 Å². The third-order valence-corrected chi connectivity index (χ3v) is 6.82. The van der Waals surface area contributed by atoms with Crippen molar-refractivity contribution < 1.29 is 9.53 Å². The van der Waals surface area contributed by atoms with E-state index in [1.54, 1.807) is 0 Å². The molecule has 0 unspecified atom stereocenters. The van der Waals surface area contributed by atoms with Crippen molar-refractivity contribution >= 4 is 5.91 Å². The predicted octanol–water partition coefficient (Wildman–Crippen LogP) is 3.87. The molecule has 4 nitrogen and oxygen atoms in total. The molecule has 2 aliphatic carbocycles. The number of carbonyl (C=O) groups is 1. The van der Waals surface area contributed by atoms with Crippen molar-refractivity contribution in [2.24, 2.45) is 0 Å². The van der Waals surface area contributed by atoms with Gasteiger partial charge in [0.15, 0.2) is 0 Å². The van der Waals surface area contributed by atoms with E-state index < -0.39 is 0 Å². The molecule has 5 rings (SSSR count). The van der Waals surface area contributed by atoms with E-state index in [9.17, 15) is 4.79 Å². The summed E-state index contributed by atoms with van der Waals surface area (Å²) in [4.78, 5) is 15.3. The molecule has 0 saturated carbocycles. The van der Waals surface area contributed by atoms with Gasteiger partial charge < -0.3 is 9.64 Å². The Hall–Kier alpha value is -1.65. The average Bonchev–Trinajstić information content (AvgIpc) is 3.31. The highest BCUT2D eigenvalue weighted by Crippen LogP contribution is 2.38. The summed E-state index contributed by atoms with van der Waals surface area (Å²) in [6.45, 7) is 1.58. The van der Waals surface area contributed by atoms with Gasteiger partial charge >= 0.3 is 0 Å². The zero-order valence-corrected chi connectivity index (χ0v) is 16.1. The second-order valence-corrected chi connectivity index (χ2v) is 8.52. The van der Waals surface area contributed by atoms with E-state index in [1.807, 2.05) is 0 Å². The smallest absolute Gasteiger partial charge is 0.251 e. The molecule has 144 valence electrons. The monoisotopic (exact) mass is 366 g/mol. The van der Waals surface area contributed by atoms with E-state index in [-0.39, 0.29) is 18.2 Å². The lowest BCUT2D eigenvalue weighted by Crippen LogP contribution is -2.49. The number of ether oxygens (including phenoxy) is 1. The number of nitrogens with one attached hydrogen (secondary N) is 1. The summed E-state index contributed by atoms with van der Waals surface area (Å²) >= 11 is 0. The van der Waals surface area contributed by atoms with E-state index in [2.05, 4.69) is 34.5 Å². The first-order valence-corrected chi connectivity index (χ1v) is 10.8. The van der Waals surface area contributed by atoms with Gasteiger partial charge in [0.05, 0.1) is 6.10 Å². The van der Waals surface area contributed by atoms with Crippen LogP contribution in [0.2, 0.25) is 0 Å². The third kappa shape index (κ3) is 3.23. The van der Waals surface area contributed by atoms with Crippen LogP contribution in [0.25, 0.3) is 0 Å². The minimum atomic E-state index is 0.0631. The lowest BCUT2D eigenvalue weighted by atomic mass is 9.86. The van der Waals surface area contributed by atoms with Crippen molar-refractivity contribution in [1.82, 2.24) is 10.2 Å². The van der Waals surface area contributed by atoms with Crippen molar-refractivity contribution in [3.63, 3.8) is 0 Å². The van der Waals surface area contributed by atoms with Crippen LogP contribution in [0.4, 0.5) is 0 Å². The van der Waals surface area contributed by atoms with Crippen molar-refractivity contribution in [2.45, 2.75) is 76.1 Å². The molecule has 0 bridgehead atoms. The summed E-state index contributed by atoms with van der Waals surface area (Å²) in [5.74, 6) is 0.266. The van der Waals surface area contributed by atoms with Gasteiger partial charge in [-0.3, -0.25) is 10.1 Å². The lowest BCUT2D eigenvalue weighted by Gasteiger charge is -2.35. The highest BCUT2D eigenvalue weighted by molar-refractivity contribution is 5.97. The van der Waals surface area contributed by atoms with Crippen LogP contribution in [0.15, 0.2) is 35.4 Å². The minimum absolute atomic E-state index is 0.0631. The van der Waals surface area contributed by atoms with Crippen LogP contribution in [0, 0.1) is 0 Å². The lowest BCUT2D eigenvalue weighted by molar-refractivity contribution is -0.129. The number of benzene rings is 1. The van der Waals surface area contributed by atoms with Gasteiger partial charge in [0.1, 0.15) is 6.17 Å². The zero-order chi connectivity index (χ0) is 18.2. The standard InChI is InChI=1S/C23H30N2O2/c26-23-20-12-4-3-11-19(20)22(25(23)15-17-9-6-14-27-17)24-21-13-5-8-16-7-1-2-10-18(16)21/h1-2,7,10,17,21-22,24H,3-6,8-9,11-15H2/t17-,21-,22-/m1/s1. The number of amides is 1. The van der Waals surface area contributed by atoms with E-state index in [0.717, 1.165) is 57.2 Å². The molecule has 4 heteroatoms. The molecular weight excluding hydrogens is 336 g/mol. The van der Waals surface area contributed by atoms with E-state index >= 15 is 0 Å². The number of hydrogen-bond acceptors (Lipinski definition) is 3. The van der Waals surface area contributed by atoms with Crippen LogP contribution < -0.4 is 5.32 Å². The maximum Gasteiger partial charge on any atom is 0.251 e. The molecule has 1 aromatic carbocycles. The molecule has 2 heterocycles. The van der Waals surface area contributed by atoms with Crippen LogP contribution in [0.3, 0.4) is 0 Å². The SMILES string of the molecule is O=C1C2=C(CCCC2)[C@H](N[C@@H]2CCCc3ccccc32)N1C[C@H]1CCCO1. The second-order valence-electron chi connectivity index (χ2n) is 8.52. The van der Waals surface area contributed by atoms with Crippen LogP contribution in [-0.4, -0.2) is 36.2 Å². The first-order valence-electron chi connectivity index (χ1n) is 10.8. The minimum Gasteiger partial charge on any atom is -0.376 e. The van der Waals surface area contributed by atoms with Crippen molar-refractivity contribution in [1.29, 1.82) is 0 Å². The number of fused-ring (bicyclic) bond motifs is 1. The summed E-state index contributed by atoms with van der Waals surface area (Å²) in [5.41, 5.74) is 5.36. The fraction of sp³-hybridized carbons (Fsp3) is 0.609. The van der Waals surface area contributed by atoms with Crippen molar-refractivity contribution in [2.75, 3.05) is 13.2 Å². The molecule has 0 radical (unpaired) electrons. The number of carbonyl (C=O) groups excluding carboxylic acids is 1. The van der Waals surface area contributed by atoms with Gasteiger partial charge in [-0.05, 0) is 74.5 Å². The number of aryl methyl sites for hydroxylation is 1. The normalized spacial score (nSPS) is 30.6. The zero-order valence-electron chi connectivity index (χ0n) is 16.1. The van der Waals surface area contributed by atoms with E-state index in [1.165, 1.54) is 36.0 Å². The van der Waals surface area contributed by atoms with Crippen LogP contribution in [0.1, 0.15) is 68.5 Å². The van der Waals surface area contributed by atoms with Gasteiger partial charge in [0, 0.05) is 24.8 Å².